The number of aryl methyl sites for hydroxylation is 1. The minimum atomic E-state index is -4.40. The van der Waals surface area contributed by atoms with Gasteiger partial charge in [-0.2, -0.15) is 13.2 Å². The molecule has 1 aliphatic heterocycles. The average Bonchev–Trinajstić information content (AvgIpc) is 3.46. The van der Waals surface area contributed by atoms with E-state index in [2.05, 4.69) is 28.9 Å². The summed E-state index contributed by atoms with van der Waals surface area (Å²) in [5.41, 5.74) is 2.89. The van der Waals surface area contributed by atoms with Crippen molar-refractivity contribution in [3.63, 3.8) is 0 Å². The number of anilines is 1. The first-order valence-electron chi connectivity index (χ1n) is 15.5. The number of nitrogens with zero attached hydrogens (tertiary/aromatic N) is 3. The average molecular weight is 686 g/mol. The van der Waals surface area contributed by atoms with Crippen molar-refractivity contribution in [2.24, 2.45) is 0 Å². The fourth-order valence-electron chi connectivity index (χ4n) is 5.13. The number of thioether (sulfide) groups is 1. The van der Waals surface area contributed by atoms with Crippen LogP contribution in [0.5, 0.6) is 11.5 Å². The lowest BCUT2D eigenvalue weighted by molar-refractivity contribution is -0.144. The lowest BCUT2D eigenvalue weighted by Gasteiger charge is -2.36. The third-order valence-electron chi connectivity index (χ3n) is 7.83. The Hall–Kier alpha value is -3.74. The van der Waals surface area contributed by atoms with Crippen LogP contribution in [0.1, 0.15) is 42.0 Å². The Morgan fingerprint density at radius 3 is 2.36 bits per heavy atom. The number of alkyl halides is 3. The summed E-state index contributed by atoms with van der Waals surface area (Å²) in [5.74, 6) is 0.995. The number of rotatable bonds is 13. The molecular formula is C35H38F3N3O4S2. The van der Waals surface area contributed by atoms with E-state index in [-0.39, 0.29) is 0 Å². The Bertz CT molecular complexity index is 1640. The summed E-state index contributed by atoms with van der Waals surface area (Å²) >= 11 is 3.13. The van der Waals surface area contributed by atoms with Gasteiger partial charge in [-0.15, -0.1) is 23.1 Å². The van der Waals surface area contributed by atoms with E-state index in [1.54, 1.807) is 17.8 Å². The predicted octanol–water partition coefficient (Wildman–Crippen LogP) is 8.39. The second-order valence-corrected chi connectivity index (χ2v) is 13.5. The smallest absolute Gasteiger partial charge is 0.416 e. The molecule has 1 aromatic heterocycles. The van der Waals surface area contributed by atoms with E-state index < -0.39 is 23.8 Å². The van der Waals surface area contributed by atoms with Gasteiger partial charge in [0.2, 0.25) is 0 Å². The van der Waals surface area contributed by atoms with Crippen molar-refractivity contribution in [2.45, 2.75) is 56.7 Å². The van der Waals surface area contributed by atoms with Gasteiger partial charge in [0.1, 0.15) is 16.5 Å². The molecule has 1 saturated heterocycles. The highest BCUT2D eigenvalue weighted by molar-refractivity contribution is 7.98. The van der Waals surface area contributed by atoms with Crippen molar-refractivity contribution in [1.82, 2.24) is 9.88 Å². The Morgan fingerprint density at radius 2 is 1.74 bits per heavy atom. The quantitative estimate of drug-likeness (QED) is 0.141. The fourth-order valence-corrected chi connectivity index (χ4v) is 7.30. The maximum Gasteiger partial charge on any atom is 0.416 e. The number of carboxylic acids is 1. The summed E-state index contributed by atoms with van der Waals surface area (Å²) in [6.07, 6.45) is -4.39. The van der Waals surface area contributed by atoms with Gasteiger partial charge in [-0.3, -0.25) is 4.90 Å². The Morgan fingerprint density at radius 1 is 1.04 bits per heavy atom. The first kappa shape index (κ1) is 34.6. The molecule has 3 aromatic carbocycles. The molecule has 1 aliphatic rings. The van der Waals surface area contributed by atoms with Crippen LogP contribution in [0.3, 0.4) is 0 Å². The van der Waals surface area contributed by atoms with Crippen LogP contribution < -0.4 is 14.4 Å². The summed E-state index contributed by atoms with van der Waals surface area (Å²) in [6.45, 7) is 10.2. The number of aliphatic carboxylic acids is 1. The highest BCUT2D eigenvalue weighted by Crippen LogP contribution is 2.37. The molecule has 1 atom stereocenters. The maximum atomic E-state index is 13.2. The van der Waals surface area contributed by atoms with Crippen LogP contribution in [-0.2, 0) is 23.3 Å². The number of ether oxygens (including phenoxy) is 2. The van der Waals surface area contributed by atoms with Gasteiger partial charge in [0.05, 0.1) is 17.9 Å². The normalized spacial score (nSPS) is 14.6. The molecule has 0 saturated carbocycles. The Kier molecular flexibility index (Phi) is 11.4. The van der Waals surface area contributed by atoms with Crippen molar-refractivity contribution in [2.75, 3.05) is 37.7 Å². The number of thiazole rings is 1. The summed E-state index contributed by atoms with van der Waals surface area (Å²) in [4.78, 5) is 22.9. The van der Waals surface area contributed by atoms with Crippen LogP contribution >= 0.6 is 23.1 Å². The summed E-state index contributed by atoms with van der Waals surface area (Å²) in [5, 5.41) is 9.87. The lowest BCUT2D eigenvalue weighted by atomic mass is 10.1. The summed E-state index contributed by atoms with van der Waals surface area (Å²) in [7, 11) is 0. The molecule has 4 aromatic rings. The van der Waals surface area contributed by atoms with Gasteiger partial charge in [0, 0.05) is 59.5 Å². The lowest BCUT2D eigenvalue weighted by Crippen LogP contribution is -2.46. The first-order chi connectivity index (χ1) is 22.5. The minimum Gasteiger partial charge on any atom is -0.494 e. The first-order valence-corrected chi connectivity index (χ1v) is 17.3. The molecule has 1 unspecified atom stereocenters. The monoisotopic (exact) mass is 685 g/mol. The van der Waals surface area contributed by atoms with Gasteiger partial charge in [0.25, 0.3) is 0 Å². The second kappa shape index (κ2) is 15.4. The third kappa shape index (κ3) is 9.21. The zero-order chi connectivity index (χ0) is 33.6. The van der Waals surface area contributed by atoms with Crippen LogP contribution in [0, 0.1) is 6.92 Å². The van der Waals surface area contributed by atoms with Crippen LogP contribution in [0.4, 0.5) is 18.9 Å². The van der Waals surface area contributed by atoms with Crippen LogP contribution in [-0.4, -0.2) is 59.8 Å². The van der Waals surface area contributed by atoms with Crippen molar-refractivity contribution in [1.29, 1.82) is 0 Å². The molecule has 5 rings (SSSR count). The van der Waals surface area contributed by atoms with Crippen LogP contribution in [0.25, 0.3) is 10.6 Å². The standard InChI is InChI=1S/C35H38F3N3O4S2/c1-4-19-44-28-11-9-27(10-12-28)41-17-15-40(16-18-41)21-30-32(47-33(39-30)25-5-7-26(8-6-25)35(36,37)38)22-46-29-13-14-31(23(2)20-29)45-24(3)34(42)43/h5-14,20,24H,4,15-19,21-22H2,1-3H3,(H,42,43). The van der Waals surface area contributed by atoms with Crippen LogP contribution in [0.15, 0.2) is 71.6 Å². The second-order valence-electron chi connectivity index (χ2n) is 11.4. The van der Waals surface area contributed by atoms with Crippen molar-refractivity contribution in [3.05, 3.63) is 88.4 Å². The summed E-state index contributed by atoms with van der Waals surface area (Å²) in [6, 6.07) is 19.0. The molecule has 0 radical (unpaired) electrons. The third-order valence-corrected chi connectivity index (χ3v) is 10.2. The molecule has 7 nitrogen and oxygen atoms in total. The fraction of sp³-hybridized carbons (Fsp3) is 0.371. The van der Waals surface area contributed by atoms with Gasteiger partial charge in [-0.25, -0.2) is 9.78 Å². The molecular weight excluding hydrogens is 648 g/mol. The van der Waals surface area contributed by atoms with Gasteiger partial charge in [0.15, 0.2) is 6.10 Å². The zero-order valence-electron chi connectivity index (χ0n) is 26.5. The van der Waals surface area contributed by atoms with Crippen molar-refractivity contribution >= 4 is 34.8 Å². The molecule has 0 bridgehead atoms. The van der Waals surface area contributed by atoms with E-state index in [1.807, 2.05) is 31.2 Å². The predicted molar refractivity (Wildman–Crippen MR) is 181 cm³/mol. The molecule has 1 N–H and O–H groups in total. The molecule has 2 heterocycles. The highest BCUT2D eigenvalue weighted by atomic mass is 32.2. The maximum absolute atomic E-state index is 13.2. The van der Waals surface area contributed by atoms with Gasteiger partial charge < -0.3 is 19.5 Å². The Labute approximate surface area is 281 Å². The number of halogens is 3. The van der Waals surface area contributed by atoms with Gasteiger partial charge in [-0.05, 0) is 80.4 Å². The Balaban J connectivity index is 1.29. The van der Waals surface area contributed by atoms with E-state index in [0.29, 0.717) is 35.2 Å². The number of carbonyl (C=O) groups is 1. The molecule has 12 heteroatoms. The van der Waals surface area contributed by atoms with E-state index in [0.717, 1.165) is 77.2 Å². The summed E-state index contributed by atoms with van der Waals surface area (Å²) < 4.78 is 50.9. The zero-order valence-corrected chi connectivity index (χ0v) is 28.2. The van der Waals surface area contributed by atoms with Gasteiger partial charge >= 0.3 is 12.1 Å². The van der Waals surface area contributed by atoms with E-state index in [4.69, 9.17) is 14.5 Å². The largest absolute Gasteiger partial charge is 0.494 e. The molecule has 47 heavy (non-hydrogen) atoms. The van der Waals surface area contributed by atoms with E-state index in [9.17, 15) is 23.1 Å². The molecule has 0 spiro atoms. The minimum absolute atomic E-state index is 0.521. The number of carboxylic acid groups (broad SMARTS) is 1. The molecule has 0 aliphatic carbocycles. The molecule has 250 valence electrons. The highest BCUT2D eigenvalue weighted by Gasteiger charge is 2.30. The van der Waals surface area contributed by atoms with Crippen molar-refractivity contribution in [3.8, 4) is 22.1 Å². The molecule has 1 fully saturated rings. The SMILES string of the molecule is CCCOc1ccc(N2CCN(Cc3nc(-c4ccc(C(F)(F)F)cc4)sc3CSc3ccc(OC(C)C(=O)O)c(C)c3)CC2)cc1. The topological polar surface area (TPSA) is 75.1 Å². The molecule has 0 amide bonds. The van der Waals surface area contributed by atoms with Gasteiger partial charge in [-0.1, -0.05) is 19.1 Å². The van der Waals surface area contributed by atoms with Crippen molar-refractivity contribution < 1.29 is 32.5 Å². The number of piperazine rings is 1. The van der Waals surface area contributed by atoms with E-state index >= 15 is 0 Å². The number of benzene rings is 3. The van der Waals surface area contributed by atoms with E-state index in [1.165, 1.54) is 30.4 Å². The number of aromatic nitrogens is 1. The number of hydrogen-bond acceptors (Lipinski definition) is 8. The number of hydrogen-bond donors (Lipinski definition) is 1. The van der Waals surface area contributed by atoms with Crippen LogP contribution in [0.2, 0.25) is 0 Å².